The van der Waals surface area contributed by atoms with Crippen LogP contribution in [-0.2, 0) is 0 Å². The summed E-state index contributed by atoms with van der Waals surface area (Å²) in [6.07, 6.45) is 7.53. The number of hydrogen-bond donors (Lipinski definition) is 0. The molecule has 0 unspecified atom stereocenters. The minimum Gasteiger partial charge on any atom is -0.0658 e. The van der Waals surface area contributed by atoms with E-state index in [1.54, 1.807) is 0 Å². The van der Waals surface area contributed by atoms with Crippen molar-refractivity contribution < 1.29 is 0 Å². The van der Waals surface area contributed by atoms with Gasteiger partial charge < -0.3 is 0 Å². The van der Waals surface area contributed by atoms with E-state index in [9.17, 15) is 0 Å². The van der Waals surface area contributed by atoms with Crippen LogP contribution in [0.5, 0.6) is 0 Å². The van der Waals surface area contributed by atoms with Gasteiger partial charge >= 0.3 is 0 Å². The van der Waals surface area contributed by atoms with Gasteiger partial charge in [-0.2, -0.15) is 0 Å². The molecule has 0 rings (SSSR count). The summed E-state index contributed by atoms with van der Waals surface area (Å²) in [6.45, 7) is 0. The molecule has 0 aliphatic heterocycles. The van der Waals surface area contributed by atoms with Crippen molar-refractivity contribution >= 4 is 20.5 Å². The molecule has 0 radical (unpaired) electrons. The van der Waals surface area contributed by atoms with Crippen molar-refractivity contribution in [3.63, 3.8) is 0 Å². The maximum Gasteiger partial charge on any atom is 0.00279 e. The van der Waals surface area contributed by atoms with Gasteiger partial charge in [0, 0.05) is 20.5 Å². The molecule has 0 heterocycles. The number of hydrogen-bond acceptors (Lipinski definition) is 0. The second-order valence-electron chi connectivity index (χ2n) is 2.77. The lowest BCUT2D eigenvalue weighted by atomic mass is 10.2. The molecule has 0 bridgehead atoms. The van der Waals surface area contributed by atoms with Gasteiger partial charge in [0.25, 0.3) is 0 Å². The van der Waals surface area contributed by atoms with Gasteiger partial charge in [0.05, 0.1) is 0 Å². The molecule has 0 nitrogen and oxygen atoms in total. The van der Waals surface area contributed by atoms with Gasteiger partial charge in [-0.1, -0.05) is 44.2 Å². The fourth-order valence-corrected chi connectivity index (χ4v) is 2.03. The Morgan fingerprint density at radius 3 is 1.22 bits per heavy atom. The van der Waals surface area contributed by atoms with Gasteiger partial charge in [0.2, 0.25) is 0 Å². The molecule has 0 aromatic rings. The van der Waals surface area contributed by atoms with Crippen molar-refractivity contribution in [2.24, 2.45) is 0 Å². The van der Waals surface area contributed by atoms with Gasteiger partial charge in [-0.3, -0.25) is 0 Å². The molecule has 0 N–H and O–H groups in total. The molecule has 0 spiro atoms. The molecule has 2 heteroatoms. The normalized spacial score (nSPS) is 10.7. The molecule has 56 valence electrons. The average Bonchev–Trinajstić information content (AvgIpc) is 1.89. The molecule has 0 aromatic carbocycles. The summed E-state index contributed by atoms with van der Waals surface area (Å²) in [5, 5.41) is 0. The second kappa shape index (κ2) is 8.43. The van der Waals surface area contributed by atoms with Crippen molar-refractivity contribution in [3.05, 3.63) is 0 Å². The van der Waals surface area contributed by atoms with E-state index < -0.39 is 0 Å². The molecule has 0 fully saturated rings. The van der Waals surface area contributed by atoms with Gasteiger partial charge in [0.15, 0.2) is 0 Å². The topological polar surface area (TPSA) is 0 Å². The fourth-order valence-electron chi connectivity index (χ4n) is 1.03. The van der Waals surface area contributed by atoms with Crippen LogP contribution in [0.15, 0.2) is 0 Å². The van der Waals surface area contributed by atoms with Crippen LogP contribution in [0.25, 0.3) is 0 Å². The van der Waals surface area contributed by atoms with Crippen LogP contribution >= 0.6 is 0 Å². The van der Waals surface area contributed by atoms with Crippen LogP contribution in [0.4, 0.5) is 0 Å². The van der Waals surface area contributed by atoms with E-state index in [1.807, 2.05) is 0 Å². The summed E-state index contributed by atoms with van der Waals surface area (Å²) in [5.41, 5.74) is 0. The van der Waals surface area contributed by atoms with Crippen molar-refractivity contribution in [1.82, 2.24) is 0 Å². The van der Waals surface area contributed by atoms with Crippen LogP contribution in [0.1, 0.15) is 32.1 Å². The molecule has 0 aliphatic carbocycles. The predicted octanol–water partition coefficient (Wildman–Crippen LogP) is 0.504. The van der Waals surface area contributed by atoms with Gasteiger partial charge in [-0.25, -0.2) is 0 Å². The summed E-state index contributed by atoms with van der Waals surface area (Å²) < 4.78 is 0. The Morgan fingerprint density at radius 2 is 0.889 bits per heavy atom. The molecule has 9 heavy (non-hydrogen) atoms. The smallest absolute Gasteiger partial charge is 0.00279 e. The van der Waals surface area contributed by atoms with Crippen LogP contribution in [0.2, 0.25) is 12.1 Å². The van der Waals surface area contributed by atoms with Gasteiger partial charge in [0.1, 0.15) is 0 Å². The van der Waals surface area contributed by atoms with E-state index in [2.05, 4.69) is 0 Å². The van der Waals surface area contributed by atoms with Crippen LogP contribution in [0.3, 0.4) is 0 Å². The Labute approximate surface area is 65.3 Å². The molecular weight excluding hydrogens is 140 g/mol. The third kappa shape index (κ3) is 8.43. The highest BCUT2D eigenvalue weighted by Crippen LogP contribution is 2.05. The van der Waals surface area contributed by atoms with Crippen LogP contribution in [-0.4, -0.2) is 20.5 Å². The van der Waals surface area contributed by atoms with E-state index in [-0.39, 0.29) is 0 Å². The third-order valence-electron chi connectivity index (χ3n) is 1.71. The highest BCUT2D eigenvalue weighted by Gasteiger charge is 1.85. The lowest BCUT2D eigenvalue weighted by molar-refractivity contribution is 0.656. The zero-order chi connectivity index (χ0) is 6.95. The lowest BCUT2D eigenvalue weighted by Crippen LogP contribution is -1.78. The maximum absolute atomic E-state index is 1.51. The summed E-state index contributed by atoms with van der Waals surface area (Å²) in [7, 11) is 2.83. The first kappa shape index (κ1) is 9.43. The van der Waals surface area contributed by atoms with Crippen molar-refractivity contribution in [2.45, 2.75) is 44.2 Å². The van der Waals surface area contributed by atoms with Crippen molar-refractivity contribution in [2.75, 3.05) is 0 Å². The summed E-state index contributed by atoms with van der Waals surface area (Å²) >= 11 is 0. The molecule has 0 aromatic heterocycles. The van der Waals surface area contributed by atoms with Gasteiger partial charge in [-0.15, -0.1) is 0 Å². The Bertz CT molecular complexity index is 40.2. The van der Waals surface area contributed by atoms with E-state index in [0.29, 0.717) is 0 Å². The first-order chi connectivity index (χ1) is 4.41. The van der Waals surface area contributed by atoms with Crippen LogP contribution in [0, 0.1) is 0 Å². The summed E-state index contributed by atoms with van der Waals surface area (Å²) in [4.78, 5) is 0. The van der Waals surface area contributed by atoms with E-state index in [1.165, 1.54) is 64.7 Å². The standard InChI is InChI=1S/C7H20Si2/c8-6-4-2-1-3-5-7-9/h1-7H2,8-9H3. The molecule has 0 saturated heterocycles. The highest BCUT2D eigenvalue weighted by atomic mass is 28.1. The third-order valence-corrected chi connectivity index (χ3v) is 3.12. The molecule has 0 atom stereocenters. The second-order valence-corrected chi connectivity index (χ2v) is 4.77. The summed E-state index contributed by atoms with van der Waals surface area (Å²) in [5.74, 6) is 0. The highest BCUT2D eigenvalue weighted by molar-refractivity contribution is 6.08. The Kier molecular flexibility index (Phi) is 8.84. The zero-order valence-corrected chi connectivity index (χ0v) is 10.9. The first-order valence-electron chi connectivity index (χ1n) is 4.41. The minimum atomic E-state index is 1.42. The van der Waals surface area contributed by atoms with E-state index in [0.717, 1.165) is 0 Å². The van der Waals surface area contributed by atoms with E-state index in [4.69, 9.17) is 0 Å². The lowest BCUT2D eigenvalue weighted by Gasteiger charge is -1.96. The van der Waals surface area contributed by atoms with Crippen LogP contribution < -0.4 is 0 Å². The Hall–Kier alpha value is 0.434. The summed E-state index contributed by atoms with van der Waals surface area (Å²) in [6, 6.07) is 3.03. The average molecular weight is 160 g/mol. The zero-order valence-electron chi connectivity index (χ0n) is 6.95. The van der Waals surface area contributed by atoms with Gasteiger partial charge in [-0.05, 0) is 0 Å². The SMILES string of the molecule is [SiH3]CCCCCCC[SiH3]. The minimum absolute atomic E-state index is 1.42. The molecule has 0 amide bonds. The maximum atomic E-state index is 1.51. The first-order valence-corrected chi connectivity index (χ1v) is 7.24. The van der Waals surface area contributed by atoms with Crippen molar-refractivity contribution in [1.29, 1.82) is 0 Å². The number of rotatable bonds is 6. The molecular formula is C7H20Si2. The Balaban J connectivity index is 2.60. The quantitative estimate of drug-likeness (QED) is 0.392. The predicted molar refractivity (Wildman–Crippen MR) is 52.6 cm³/mol. The number of unbranched alkanes of at least 4 members (excludes halogenated alkanes) is 4. The molecule has 0 saturated carbocycles. The Morgan fingerprint density at radius 1 is 0.556 bits per heavy atom. The largest absolute Gasteiger partial charge is 0.0658 e. The fraction of sp³-hybridized carbons (Fsp3) is 1.00. The molecule has 0 aliphatic rings. The monoisotopic (exact) mass is 160 g/mol. The van der Waals surface area contributed by atoms with E-state index >= 15 is 0 Å². The van der Waals surface area contributed by atoms with Crippen molar-refractivity contribution in [3.8, 4) is 0 Å².